The van der Waals surface area contributed by atoms with Gasteiger partial charge in [-0.05, 0) is 11.3 Å². The standard InChI is InChI=1S/C6H11Br/c1-4-5(7)6(4,2)3/h4-5H,1-3H3. The number of alkyl halides is 1. The summed E-state index contributed by atoms with van der Waals surface area (Å²) in [5.41, 5.74) is 0.583. The maximum atomic E-state index is 3.57. The molecule has 1 aliphatic rings. The van der Waals surface area contributed by atoms with Gasteiger partial charge in [-0.15, -0.1) is 0 Å². The van der Waals surface area contributed by atoms with Crippen LogP contribution in [0.25, 0.3) is 0 Å². The highest BCUT2D eigenvalue weighted by molar-refractivity contribution is 9.09. The highest BCUT2D eigenvalue weighted by Crippen LogP contribution is 2.56. The molecule has 0 saturated heterocycles. The molecule has 0 nitrogen and oxygen atoms in total. The fraction of sp³-hybridized carbons (Fsp3) is 1.00. The predicted molar refractivity (Wildman–Crippen MR) is 35.7 cm³/mol. The topological polar surface area (TPSA) is 0 Å². The SMILES string of the molecule is CC1C(Br)C1(C)C. The van der Waals surface area contributed by atoms with E-state index in [1.807, 2.05) is 0 Å². The molecule has 7 heavy (non-hydrogen) atoms. The third-order valence-corrected chi connectivity index (χ3v) is 4.19. The summed E-state index contributed by atoms with van der Waals surface area (Å²) in [7, 11) is 0. The van der Waals surface area contributed by atoms with E-state index in [2.05, 4.69) is 36.7 Å². The van der Waals surface area contributed by atoms with Gasteiger partial charge in [-0.3, -0.25) is 0 Å². The molecule has 1 fully saturated rings. The largest absolute Gasteiger partial charge is 0.0882 e. The Bertz CT molecular complexity index is 76.2. The lowest BCUT2D eigenvalue weighted by atomic mass is 10.1. The molecule has 0 bridgehead atoms. The minimum Gasteiger partial charge on any atom is -0.0882 e. The van der Waals surface area contributed by atoms with E-state index in [1.165, 1.54) is 0 Å². The Hall–Kier alpha value is 0.480. The Labute approximate surface area is 53.4 Å². The van der Waals surface area contributed by atoms with Crippen molar-refractivity contribution in [1.29, 1.82) is 0 Å². The summed E-state index contributed by atoms with van der Waals surface area (Å²) < 4.78 is 0. The smallest absolute Gasteiger partial charge is 0.0230 e. The Kier molecular flexibility index (Phi) is 1.00. The van der Waals surface area contributed by atoms with E-state index < -0.39 is 0 Å². The minimum absolute atomic E-state index is 0.583. The van der Waals surface area contributed by atoms with Crippen molar-refractivity contribution in [3.05, 3.63) is 0 Å². The molecule has 1 saturated carbocycles. The zero-order valence-electron chi connectivity index (χ0n) is 5.03. The van der Waals surface area contributed by atoms with E-state index >= 15 is 0 Å². The molecule has 0 aromatic rings. The second-order valence-electron chi connectivity index (χ2n) is 3.01. The van der Waals surface area contributed by atoms with Crippen LogP contribution >= 0.6 is 15.9 Å². The summed E-state index contributed by atoms with van der Waals surface area (Å²) in [4.78, 5) is 0.778. The lowest BCUT2D eigenvalue weighted by Gasteiger charge is -1.93. The first-order chi connectivity index (χ1) is 3.07. The number of hydrogen-bond donors (Lipinski definition) is 0. The lowest BCUT2D eigenvalue weighted by Crippen LogP contribution is -1.86. The molecule has 2 unspecified atom stereocenters. The van der Waals surface area contributed by atoms with Gasteiger partial charge in [0, 0.05) is 4.83 Å². The van der Waals surface area contributed by atoms with Crippen molar-refractivity contribution in [1.82, 2.24) is 0 Å². The van der Waals surface area contributed by atoms with Crippen molar-refractivity contribution in [2.45, 2.75) is 25.6 Å². The van der Waals surface area contributed by atoms with Gasteiger partial charge in [0.2, 0.25) is 0 Å². The van der Waals surface area contributed by atoms with Gasteiger partial charge in [-0.25, -0.2) is 0 Å². The van der Waals surface area contributed by atoms with Gasteiger partial charge in [-0.2, -0.15) is 0 Å². The van der Waals surface area contributed by atoms with E-state index in [4.69, 9.17) is 0 Å². The van der Waals surface area contributed by atoms with Crippen molar-refractivity contribution >= 4 is 15.9 Å². The second-order valence-corrected chi connectivity index (χ2v) is 4.00. The third kappa shape index (κ3) is 0.620. The quantitative estimate of drug-likeness (QED) is 0.481. The molecular weight excluding hydrogens is 152 g/mol. The van der Waals surface area contributed by atoms with Crippen LogP contribution in [0.4, 0.5) is 0 Å². The molecule has 0 N–H and O–H groups in total. The normalized spacial score (nSPS) is 46.3. The molecule has 0 radical (unpaired) electrons. The fourth-order valence-electron chi connectivity index (χ4n) is 0.822. The van der Waals surface area contributed by atoms with Crippen LogP contribution in [0, 0.1) is 11.3 Å². The molecule has 0 heterocycles. The second kappa shape index (κ2) is 1.25. The van der Waals surface area contributed by atoms with Gasteiger partial charge in [0.15, 0.2) is 0 Å². The van der Waals surface area contributed by atoms with Crippen LogP contribution in [-0.4, -0.2) is 4.83 Å². The van der Waals surface area contributed by atoms with Crippen LogP contribution in [0.15, 0.2) is 0 Å². The van der Waals surface area contributed by atoms with Gasteiger partial charge in [0.05, 0.1) is 0 Å². The minimum atomic E-state index is 0.583. The van der Waals surface area contributed by atoms with E-state index in [0.717, 1.165) is 10.7 Å². The molecule has 1 aliphatic carbocycles. The molecular formula is C6H11Br. The number of rotatable bonds is 0. The van der Waals surface area contributed by atoms with Crippen LogP contribution in [0.5, 0.6) is 0 Å². The average molecular weight is 163 g/mol. The Morgan fingerprint density at radius 1 is 1.43 bits per heavy atom. The Morgan fingerprint density at radius 2 is 1.57 bits per heavy atom. The Morgan fingerprint density at radius 3 is 1.57 bits per heavy atom. The van der Waals surface area contributed by atoms with Gasteiger partial charge in [0.25, 0.3) is 0 Å². The van der Waals surface area contributed by atoms with E-state index in [0.29, 0.717) is 5.41 Å². The van der Waals surface area contributed by atoms with Crippen LogP contribution in [0.1, 0.15) is 20.8 Å². The van der Waals surface area contributed by atoms with Crippen LogP contribution < -0.4 is 0 Å². The highest BCUT2D eigenvalue weighted by atomic mass is 79.9. The van der Waals surface area contributed by atoms with Gasteiger partial charge >= 0.3 is 0 Å². The van der Waals surface area contributed by atoms with Crippen molar-refractivity contribution in [2.24, 2.45) is 11.3 Å². The summed E-state index contributed by atoms with van der Waals surface area (Å²) in [6, 6.07) is 0. The number of halogens is 1. The monoisotopic (exact) mass is 162 g/mol. The van der Waals surface area contributed by atoms with Crippen molar-refractivity contribution < 1.29 is 0 Å². The summed E-state index contributed by atoms with van der Waals surface area (Å²) >= 11 is 3.57. The summed E-state index contributed by atoms with van der Waals surface area (Å²) in [6.45, 7) is 6.85. The fourth-order valence-corrected chi connectivity index (χ4v) is 1.77. The van der Waals surface area contributed by atoms with Gasteiger partial charge in [-0.1, -0.05) is 36.7 Å². The Balaban J connectivity index is 2.52. The first-order valence-corrected chi connectivity index (χ1v) is 3.62. The van der Waals surface area contributed by atoms with Crippen LogP contribution in [-0.2, 0) is 0 Å². The molecule has 0 aliphatic heterocycles. The summed E-state index contributed by atoms with van der Waals surface area (Å²) in [5.74, 6) is 0.882. The highest BCUT2D eigenvalue weighted by Gasteiger charge is 2.52. The van der Waals surface area contributed by atoms with E-state index in [9.17, 15) is 0 Å². The maximum Gasteiger partial charge on any atom is 0.0230 e. The molecule has 0 spiro atoms. The van der Waals surface area contributed by atoms with Crippen molar-refractivity contribution in [2.75, 3.05) is 0 Å². The van der Waals surface area contributed by atoms with Crippen LogP contribution in [0.3, 0.4) is 0 Å². The first kappa shape index (κ1) is 5.61. The van der Waals surface area contributed by atoms with Crippen LogP contribution in [0.2, 0.25) is 0 Å². The van der Waals surface area contributed by atoms with Crippen molar-refractivity contribution in [3.63, 3.8) is 0 Å². The first-order valence-electron chi connectivity index (χ1n) is 2.71. The van der Waals surface area contributed by atoms with E-state index in [-0.39, 0.29) is 0 Å². The summed E-state index contributed by atoms with van der Waals surface area (Å²) in [5, 5.41) is 0. The molecule has 42 valence electrons. The van der Waals surface area contributed by atoms with E-state index in [1.54, 1.807) is 0 Å². The van der Waals surface area contributed by atoms with Crippen molar-refractivity contribution in [3.8, 4) is 0 Å². The third-order valence-electron chi connectivity index (χ3n) is 2.21. The van der Waals surface area contributed by atoms with Gasteiger partial charge < -0.3 is 0 Å². The molecule has 0 aromatic carbocycles. The predicted octanol–water partition coefficient (Wildman–Crippen LogP) is 2.43. The molecule has 1 heteroatoms. The zero-order valence-corrected chi connectivity index (χ0v) is 6.62. The lowest BCUT2D eigenvalue weighted by molar-refractivity contribution is 0.588. The molecule has 0 amide bonds. The molecule has 1 rings (SSSR count). The molecule has 2 atom stereocenters. The maximum absolute atomic E-state index is 3.57. The average Bonchev–Trinajstić information content (AvgIpc) is 1.91. The zero-order chi connectivity index (χ0) is 5.65. The number of hydrogen-bond acceptors (Lipinski definition) is 0. The van der Waals surface area contributed by atoms with Gasteiger partial charge in [0.1, 0.15) is 0 Å². The molecule has 0 aromatic heterocycles. The summed E-state index contributed by atoms with van der Waals surface area (Å²) in [6.07, 6.45) is 0.